The Morgan fingerprint density at radius 1 is 1.52 bits per heavy atom. The molecule has 0 spiro atoms. The van der Waals surface area contributed by atoms with E-state index in [-0.39, 0.29) is 11.9 Å². The minimum Gasteiger partial charge on any atom is -0.353 e. The van der Waals surface area contributed by atoms with Crippen LogP contribution in [0.25, 0.3) is 0 Å². The van der Waals surface area contributed by atoms with Crippen molar-refractivity contribution >= 4 is 41.2 Å². The molecule has 2 N–H and O–H groups in total. The molecule has 21 heavy (non-hydrogen) atoms. The number of aromatic amines is 1. The lowest BCUT2D eigenvalue weighted by Crippen LogP contribution is -2.35. The number of rotatable bonds is 6. The fourth-order valence-corrected chi connectivity index (χ4v) is 3.83. The number of carbonyl (C=O) groups is 1. The molecule has 112 valence electrons. The number of amides is 1. The van der Waals surface area contributed by atoms with Crippen molar-refractivity contribution in [3.8, 4) is 0 Å². The number of nitrogens with one attached hydrogen (secondary N) is 2. The normalized spacial score (nSPS) is 12.1. The minimum atomic E-state index is 0.0159. The van der Waals surface area contributed by atoms with Crippen molar-refractivity contribution in [1.82, 2.24) is 15.5 Å². The molecule has 0 saturated carbocycles. The summed E-state index contributed by atoms with van der Waals surface area (Å²) in [6.45, 7) is 4.11. The monoisotopic (exact) mass is 339 g/mol. The third-order valence-corrected chi connectivity index (χ3v) is 5.17. The van der Waals surface area contributed by atoms with E-state index in [1.807, 2.05) is 19.1 Å². The van der Waals surface area contributed by atoms with Gasteiger partial charge in [0.1, 0.15) is 0 Å². The Labute approximate surface area is 137 Å². The topological polar surface area (TPSA) is 57.8 Å². The molecule has 4 nitrogen and oxygen atoms in total. The quantitative estimate of drug-likeness (QED) is 0.626. The van der Waals surface area contributed by atoms with Crippen LogP contribution >= 0.6 is 35.3 Å². The highest BCUT2D eigenvalue weighted by atomic mass is 32.2. The SMILES string of the molecule is Cc1ccccc1CC(C)NC(=O)CSc1n[nH]c(=S)s1. The average molecular weight is 340 g/mol. The van der Waals surface area contributed by atoms with Gasteiger partial charge in [-0.05, 0) is 43.6 Å². The first kappa shape index (κ1) is 16.2. The second kappa shape index (κ2) is 7.72. The van der Waals surface area contributed by atoms with Gasteiger partial charge >= 0.3 is 0 Å². The lowest BCUT2D eigenvalue weighted by Gasteiger charge is -2.15. The molecular weight excluding hydrogens is 322 g/mol. The van der Waals surface area contributed by atoms with Crippen LogP contribution in [0.3, 0.4) is 0 Å². The van der Waals surface area contributed by atoms with Crippen LogP contribution in [-0.2, 0) is 11.2 Å². The molecule has 1 amide bonds. The molecule has 1 aromatic carbocycles. The predicted molar refractivity (Wildman–Crippen MR) is 90.5 cm³/mol. The molecule has 0 fully saturated rings. The van der Waals surface area contributed by atoms with E-state index in [1.54, 1.807) is 0 Å². The van der Waals surface area contributed by atoms with Gasteiger partial charge < -0.3 is 5.32 Å². The van der Waals surface area contributed by atoms with E-state index in [1.165, 1.54) is 34.2 Å². The van der Waals surface area contributed by atoms with Crippen LogP contribution in [0.2, 0.25) is 0 Å². The Kier molecular flexibility index (Phi) is 5.96. The van der Waals surface area contributed by atoms with Gasteiger partial charge in [0.2, 0.25) is 5.91 Å². The number of aromatic nitrogens is 2. The summed E-state index contributed by atoms with van der Waals surface area (Å²) in [4.78, 5) is 11.9. The van der Waals surface area contributed by atoms with Crippen LogP contribution in [0, 0.1) is 10.9 Å². The Hall–Kier alpha value is -1.18. The third-order valence-electron chi connectivity index (χ3n) is 2.94. The summed E-state index contributed by atoms with van der Waals surface area (Å²) < 4.78 is 1.42. The largest absolute Gasteiger partial charge is 0.353 e. The molecule has 1 aromatic heterocycles. The van der Waals surface area contributed by atoms with Crippen LogP contribution < -0.4 is 5.32 Å². The van der Waals surface area contributed by atoms with Crippen LogP contribution in [0.1, 0.15) is 18.1 Å². The molecule has 0 bridgehead atoms. The highest BCUT2D eigenvalue weighted by Gasteiger charge is 2.10. The van der Waals surface area contributed by atoms with E-state index in [9.17, 15) is 4.79 Å². The van der Waals surface area contributed by atoms with Crippen molar-refractivity contribution in [2.45, 2.75) is 30.6 Å². The maximum absolute atomic E-state index is 11.9. The van der Waals surface area contributed by atoms with Gasteiger partial charge in [-0.1, -0.05) is 47.4 Å². The van der Waals surface area contributed by atoms with Crippen molar-refractivity contribution in [3.05, 3.63) is 39.3 Å². The first-order valence-corrected chi connectivity index (χ1v) is 8.78. The fraction of sp³-hybridized carbons (Fsp3) is 0.357. The van der Waals surface area contributed by atoms with Gasteiger partial charge in [0.15, 0.2) is 8.29 Å². The molecule has 0 radical (unpaired) electrons. The van der Waals surface area contributed by atoms with E-state index in [2.05, 4.69) is 34.6 Å². The Morgan fingerprint density at radius 3 is 2.95 bits per heavy atom. The highest BCUT2D eigenvalue weighted by Crippen LogP contribution is 2.19. The van der Waals surface area contributed by atoms with Gasteiger partial charge in [0, 0.05) is 6.04 Å². The number of hydrogen-bond acceptors (Lipinski definition) is 5. The summed E-state index contributed by atoms with van der Waals surface area (Å²) >= 11 is 7.74. The van der Waals surface area contributed by atoms with E-state index in [0.717, 1.165) is 10.8 Å². The lowest BCUT2D eigenvalue weighted by atomic mass is 10.0. The molecule has 0 aliphatic rings. The lowest BCUT2D eigenvalue weighted by molar-refractivity contribution is -0.119. The molecule has 2 aromatic rings. The second-order valence-electron chi connectivity index (χ2n) is 4.77. The summed E-state index contributed by atoms with van der Waals surface area (Å²) in [6, 6.07) is 8.35. The van der Waals surface area contributed by atoms with E-state index < -0.39 is 0 Å². The zero-order valence-corrected chi connectivity index (χ0v) is 14.3. The summed E-state index contributed by atoms with van der Waals surface area (Å²) in [5.74, 6) is 0.371. The van der Waals surface area contributed by atoms with Crippen LogP contribution in [-0.4, -0.2) is 27.9 Å². The number of carbonyl (C=O) groups excluding carboxylic acids is 1. The van der Waals surface area contributed by atoms with Crippen molar-refractivity contribution in [2.75, 3.05) is 5.75 Å². The van der Waals surface area contributed by atoms with Crippen molar-refractivity contribution < 1.29 is 4.79 Å². The summed E-state index contributed by atoms with van der Waals surface area (Å²) in [7, 11) is 0. The molecule has 0 aliphatic carbocycles. The summed E-state index contributed by atoms with van der Waals surface area (Å²) in [5.41, 5.74) is 2.52. The summed E-state index contributed by atoms with van der Waals surface area (Å²) in [6.07, 6.45) is 0.838. The first-order valence-electron chi connectivity index (χ1n) is 6.57. The maximum atomic E-state index is 11.9. The predicted octanol–water partition coefficient (Wildman–Crippen LogP) is 3.35. The van der Waals surface area contributed by atoms with Crippen LogP contribution in [0.5, 0.6) is 0 Å². The molecule has 7 heteroatoms. The van der Waals surface area contributed by atoms with Crippen LogP contribution in [0.4, 0.5) is 0 Å². The maximum Gasteiger partial charge on any atom is 0.230 e. The van der Waals surface area contributed by atoms with Gasteiger partial charge in [-0.2, -0.15) is 5.10 Å². The Balaban J connectivity index is 1.79. The van der Waals surface area contributed by atoms with Gasteiger partial charge in [-0.3, -0.25) is 9.89 Å². The van der Waals surface area contributed by atoms with E-state index in [4.69, 9.17) is 12.2 Å². The van der Waals surface area contributed by atoms with Gasteiger partial charge in [-0.15, -0.1) is 0 Å². The van der Waals surface area contributed by atoms with Gasteiger partial charge in [0.25, 0.3) is 0 Å². The zero-order chi connectivity index (χ0) is 15.2. The van der Waals surface area contributed by atoms with Crippen LogP contribution in [0.15, 0.2) is 28.6 Å². The van der Waals surface area contributed by atoms with E-state index in [0.29, 0.717) is 9.71 Å². The zero-order valence-electron chi connectivity index (χ0n) is 11.9. The van der Waals surface area contributed by atoms with Crippen molar-refractivity contribution in [3.63, 3.8) is 0 Å². The number of thioether (sulfide) groups is 1. The molecule has 1 heterocycles. The molecule has 1 atom stereocenters. The average Bonchev–Trinajstić information content (AvgIpc) is 2.85. The molecule has 1 unspecified atom stereocenters. The first-order chi connectivity index (χ1) is 10.0. The van der Waals surface area contributed by atoms with Crippen molar-refractivity contribution in [1.29, 1.82) is 0 Å². The fourth-order valence-electron chi connectivity index (χ4n) is 1.94. The smallest absolute Gasteiger partial charge is 0.230 e. The number of hydrogen-bond donors (Lipinski definition) is 2. The Bertz CT molecular complexity index is 665. The highest BCUT2D eigenvalue weighted by molar-refractivity contribution is 8.01. The number of benzene rings is 1. The third kappa shape index (κ3) is 5.26. The van der Waals surface area contributed by atoms with Crippen molar-refractivity contribution in [2.24, 2.45) is 0 Å². The number of H-pyrrole nitrogens is 1. The minimum absolute atomic E-state index is 0.0159. The number of nitrogens with zero attached hydrogens (tertiary/aromatic N) is 1. The molecule has 2 rings (SSSR count). The summed E-state index contributed by atoms with van der Waals surface area (Å²) in [5, 5.41) is 9.73. The van der Waals surface area contributed by atoms with Gasteiger partial charge in [-0.25, -0.2) is 0 Å². The van der Waals surface area contributed by atoms with E-state index >= 15 is 0 Å². The standard InChI is InChI=1S/C14H17N3OS3/c1-9-5-3-4-6-11(9)7-10(2)15-12(18)8-20-14-17-16-13(19)21-14/h3-6,10H,7-8H2,1-2H3,(H,15,18)(H,16,19). The molecular formula is C14H17N3OS3. The molecule has 0 aliphatic heterocycles. The molecule has 0 saturated heterocycles. The number of aryl methyl sites for hydroxylation is 1. The van der Waals surface area contributed by atoms with Gasteiger partial charge in [0.05, 0.1) is 5.75 Å². The Morgan fingerprint density at radius 2 is 2.29 bits per heavy atom. The second-order valence-corrected chi connectivity index (χ2v) is 7.66.